The molecule has 1 aliphatic heterocycles. The standard InChI is InChI=1S/C12H17ClN2O/c1-16-10-3-2-6-15(8-10)12-5-4-9(14)7-11(12)13/h4-5,7,10H,2-3,6,8,14H2,1H3. The van der Waals surface area contributed by atoms with Crippen molar-refractivity contribution in [1.29, 1.82) is 0 Å². The van der Waals surface area contributed by atoms with Crippen LogP contribution < -0.4 is 10.6 Å². The smallest absolute Gasteiger partial charge is 0.0746 e. The lowest BCUT2D eigenvalue weighted by Crippen LogP contribution is -2.39. The Morgan fingerprint density at radius 1 is 1.50 bits per heavy atom. The number of hydrogen-bond acceptors (Lipinski definition) is 3. The molecule has 1 aliphatic rings. The number of ether oxygens (including phenoxy) is 1. The summed E-state index contributed by atoms with van der Waals surface area (Å²) >= 11 is 6.19. The van der Waals surface area contributed by atoms with Crippen molar-refractivity contribution in [3.8, 4) is 0 Å². The zero-order valence-corrected chi connectivity index (χ0v) is 10.2. The summed E-state index contributed by atoms with van der Waals surface area (Å²) in [6, 6.07) is 5.67. The third kappa shape index (κ3) is 2.42. The van der Waals surface area contributed by atoms with E-state index in [1.165, 1.54) is 0 Å². The van der Waals surface area contributed by atoms with Crippen LogP contribution in [0.5, 0.6) is 0 Å². The predicted molar refractivity (Wildman–Crippen MR) is 68.1 cm³/mol. The number of halogens is 1. The molecule has 88 valence electrons. The van der Waals surface area contributed by atoms with Gasteiger partial charge in [0.1, 0.15) is 0 Å². The first-order valence-corrected chi connectivity index (χ1v) is 5.91. The Balaban J connectivity index is 2.16. The van der Waals surface area contributed by atoms with E-state index in [0.29, 0.717) is 11.8 Å². The normalized spacial score (nSPS) is 21.1. The Hall–Kier alpha value is -0.930. The van der Waals surface area contributed by atoms with Crippen LogP contribution >= 0.6 is 11.6 Å². The van der Waals surface area contributed by atoms with Crippen molar-refractivity contribution >= 4 is 23.0 Å². The van der Waals surface area contributed by atoms with Gasteiger partial charge < -0.3 is 15.4 Å². The second-order valence-electron chi connectivity index (χ2n) is 4.16. The van der Waals surface area contributed by atoms with E-state index in [-0.39, 0.29) is 0 Å². The average molecular weight is 241 g/mol. The van der Waals surface area contributed by atoms with Crippen LogP contribution in [-0.2, 0) is 4.74 Å². The predicted octanol–water partition coefficient (Wildman–Crippen LogP) is 2.54. The van der Waals surface area contributed by atoms with Crippen molar-refractivity contribution in [2.45, 2.75) is 18.9 Å². The molecule has 0 amide bonds. The molecule has 2 rings (SSSR count). The Morgan fingerprint density at radius 2 is 2.31 bits per heavy atom. The molecular weight excluding hydrogens is 224 g/mol. The summed E-state index contributed by atoms with van der Waals surface area (Å²) in [4.78, 5) is 2.26. The van der Waals surface area contributed by atoms with E-state index in [1.807, 2.05) is 12.1 Å². The van der Waals surface area contributed by atoms with Gasteiger partial charge in [0.25, 0.3) is 0 Å². The van der Waals surface area contributed by atoms with E-state index in [4.69, 9.17) is 22.1 Å². The molecule has 1 heterocycles. The van der Waals surface area contributed by atoms with Crippen LogP contribution in [0.3, 0.4) is 0 Å². The van der Waals surface area contributed by atoms with Gasteiger partial charge in [0.2, 0.25) is 0 Å². The van der Waals surface area contributed by atoms with Crippen molar-refractivity contribution in [1.82, 2.24) is 0 Å². The van der Waals surface area contributed by atoms with Crippen molar-refractivity contribution < 1.29 is 4.74 Å². The van der Waals surface area contributed by atoms with Gasteiger partial charge in [0.15, 0.2) is 0 Å². The Morgan fingerprint density at radius 3 is 3.00 bits per heavy atom. The van der Waals surface area contributed by atoms with E-state index in [1.54, 1.807) is 13.2 Å². The molecule has 2 N–H and O–H groups in total. The van der Waals surface area contributed by atoms with E-state index in [9.17, 15) is 0 Å². The highest BCUT2D eigenvalue weighted by Gasteiger charge is 2.20. The second kappa shape index (κ2) is 4.93. The lowest BCUT2D eigenvalue weighted by Gasteiger charge is -2.34. The van der Waals surface area contributed by atoms with Gasteiger partial charge in [-0.15, -0.1) is 0 Å². The minimum absolute atomic E-state index is 0.308. The zero-order chi connectivity index (χ0) is 11.5. The molecule has 0 saturated carbocycles. The molecule has 1 aromatic rings. The maximum atomic E-state index is 6.19. The van der Waals surface area contributed by atoms with Crippen LogP contribution in [0.4, 0.5) is 11.4 Å². The van der Waals surface area contributed by atoms with Crippen LogP contribution in [0.2, 0.25) is 5.02 Å². The lowest BCUT2D eigenvalue weighted by atomic mass is 10.1. The van der Waals surface area contributed by atoms with E-state index in [0.717, 1.165) is 36.6 Å². The van der Waals surface area contributed by atoms with Crippen LogP contribution in [-0.4, -0.2) is 26.3 Å². The summed E-state index contributed by atoms with van der Waals surface area (Å²) in [7, 11) is 1.76. The summed E-state index contributed by atoms with van der Waals surface area (Å²) in [5.74, 6) is 0. The maximum Gasteiger partial charge on any atom is 0.0746 e. The first-order chi connectivity index (χ1) is 7.70. The first-order valence-electron chi connectivity index (χ1n) is 5.53. The molecule has 0 aliphatic carbocycles. The summed E-state index contributed by atoms with van der Waals surface area (Å²) in [6.07, 6.45) is 2.57. The molecular formula is C12H17ClN2O. The molecule has 1 aromatic carbocycles. The molecule has 0 radical (unpaired) electrons. The fraction of sp³-hybridized carbons (Fsp3) is 0.500. The molecule has 1 atom stereocenters. The van der Waals surface area contributed by atoms with Gasteiger partial charge in [-0.3, -0.25) is 0 Å². The number of nitrogens with two attached hydrogens (primary N) is 1. The minimum Gasteiger partial charge on any atom is -0.399 e. The third-order valence-corrected chi connectivity index (χ3v) is 3.33. The van der Waals surface area contributed by atoms with E-state index in [2.05, 4.69) is 4.90 Å². The quantitative estimate of drug-likeness (QED) is 0.808. The molecule has 1 saturated heterocycles. The third-order valence-electron chi connectivity index (χ3n) is 3.02. The highest BCUT2D eigenvalue weighted by Crippen LogP contribution is 2.30. The van der Waals surface area contributed by atoms with Gasteiger partial charge in [-0.2, -0.15) is 0 Å². The molecule has 1 unspecified atom stereocenters. The Labute approximate surface area is 101 Å². The fourth-order valence-electron chi connectivity index (χ4n) is 2.13. The van der Waals surface area contributed by atoms with Crippen LogP contribution in [0.25, 0.3) is 0 Å². The second-order valence-corrected chi connectivity index (χ2v) is 4.56. The number of anilines is 2. The highest BCUT2D eigenvalue weighted by atomic mass is 35.5. The van der Waals surface area contributed by atoms with Gasteiger partial charge in [-0.25, -0.2) is 0 Å². The number of hydrogen-bond donors (Lipinski definition) is 1. The van der Waals surface area contributed by atoms with Crippen LogP contribution in [0.15, 0.2) is 18.2 Å². The van der Waals surface area contributed by atoms with Gasteiger partial charge in [0, 0.05) is 25.9 Å². The summed E-state index contributed by atoms with van der Waals surface area (Å²) in [6.45, 7) is 1.93. The maximum absolute atomic E-state index is 6.19. The molecule has 0 bridgehead atoms. The number of rotatable bonds is 2. The topological polar surface area (TPSA) is 38.5 Å². The number of piperidine rings is 1. The SMILES string of the molecule is COC1CCCN(c2ccc(N)cc2Cl)C1. The first kappa shape index (κ1) is 11.6. The summed E-state index contributed by atoms with van der Waals surface area (Å²) in [5, 5.41) is 0.719. The molecule has 3 nitrogen and oxygen atoms in total. The van der Waals surface area contributed by atoms with Crippen molar-refractivity contribution in [2.24, 2.45) is 0 Å². The van der Waals surface area contributed by atoms with Crippen LogP contribution in [0, 0.1) is 0 Å². The van der Waals surface area contributed by atoms with Crippen LogP contribution in [0.1, 0.15) is 12.8 Å². The summed E-state index contributed by atoms with van der Waals surface area (Å²) < 4.78 is 5.40. The van der Waals surface area contributed by atoms with Crippen molar-refractivity contribution in [3.63, 3.8) is 0 Å². The van der Waals surface area contributed by atoms with Gasteiger partial charge in [-0.05, 0) is 31.0 Å². The van der Waals surface area contributed by atoms with Crippen molar-refractivity contribution in [3.05, 3.63) is 23.2 Å². The van der Waals surface area contributed by atoms with Crippen molar-refractivity contribution in [2.75, 3.05) is 30.8 Å². The molecule has 4 heteroatoms. The number of nitrogens with zero attached hydrogens (tertiary/aromatic N) is 1. The molecule has 0 spiro atoms. The fourth-order valence-corrected chi connectivity index (χ4v) is 2.44. The number of benzene rings is 1. The monoisotopic (exact) mass is 240 g/mol. The zero-order valence-electron chi connectivity index (χ0n) is 9.45. The Kier molecular flexibility index (Phi) is 3.56. The lowest BCUT2D eigenvalue weighted by molar-refractivity contribution is 0.0893. The molecule has 1 fully saturated rings. The Bertz CT molecular complexity index is 370. The van der Waals surface area contributed by atoms with Gasteiger partial charge >= 0.3 is 0 Å². The molecule has 16 heavy (non-hydrogen) atoms. The summed E-state index contributed by atoms with van der Waals surface area (Å²) in [5.41, 5.74) is 7.44. The molecule has 0 aromatic heterocycles. The van der Waals surface area contributed by atoms with E-state index < -0.39 is 0 Å². The highest BCUT2D eigenvalue weighted by molar-refractivity contribution is 6.33. The van der Waals surface area contributed by atoms with E-state index >= 15 is 0 Å². The van der Waals surface area contributed by atoms with Gasteiger partial charge in [0.05, 0.1) is 16.8 Å². The number of methoxy groups -OCH3 is 1. The average Bonchev–Trinajstić information content (AvgIpc) is 2.29. The number of nitrogen functional groups attached to an aromatic ring is 1. The minimum atomic E-state index is 0.308. The largest absolute Gasteiger partial charge is 0.399 e. The van der Waals surface area contributed by atoms with Gasteiger partial charge in [-0.1, -0.05) is 11.6 Å².